The molecule has 28 heavy (non-hydrogen) atoms. The molecule has 1 fully saturated rings. The van der Waals surface area contributed by atoms with Gasteiger partial charge < -0.3 is 5.32 Å². The van der Waals surface area contributed by atoms with Crippen molar-refractivity contribution in [1.82, 2.24) is 5.32 Å². The van der Waals surface area contributed by atoms with Crippen molar-refractivity contribution in [1.29, 1.82) is 0 Å². The van der Waals surface area contributed by atoms with Crippen molar-refractivity contribution >= 4 is 34.6 Å². The number of hydrogen-bond acceptors (Lipinski definition) is 2. The highest BCUT2D eigenvalue weighted by molar-refractivity contribution is 6.35. The molecule has 2 nitrogen and oxygen atoms in total. The van der Waals surface area contributed by atoms with Crippen molar-refractivity contribution < 1.29 is 26.7 Å². The lowest BCUT2D eigenvalue weighted by atomic mass is 9.89. The van der Waals surface area contributed by atoms with E-state index in [2.05, 4.69) is 5.32 Å². The van der Waals surface area contributed by atoms with Crippen LogP contribution in [0, 0.1) is 5.82 Å². The van der Waals surface area contributed by atoms with E-state index in [4.69, 9.17) is 23.2 Å². The Labute approximate surface area is 166 Å². The van der Waals surface area contributed by atoms with E-state index < -0.39 is 44.6 Å². The van der Waals surface area contributed by atoms with E-state index in [1.54, 1.807) is 0 Å². The zero-order valence-electron chi connectivity index (χ0n) is 14.0. The molecule has 0 amide bonds. The highest BCUT2D eigenvalue weighted by Crippen LogP contribution is 2.38. The molecule has 148 valence electrons. The molecule has 1 heterocycles. The van der Waals surface area contributed by atoms with Crippen molar-refractivity contribution in [2.75, 3.05) is 13.1 Å². The number of carbonyl (C=O) groups excluding carboxylic acids is 1. The van der Waals surface area contributed by atoms with Crippen LogP contribution in [0.25, 0.3) is 5.57 Å². The van der Waals surface area contributed by atoms with Gasteiger partial charge in [0.05, 0.1) is 15.6 Å². The predicted molar refractivity (Wildman–Crippen MR) is 96.9 cm³/mol. The molecule has 0 aromatic heterocycles. The lowest BCUT2D eigenvalue weighted by molar-refractivity contribution is -0.0689. The first-order valence-corrected chi connectivity index (χ1v) is 8.75. The number of halogens is 7. The predicted octanol–water partition coefficient (Wildman–Crippen LogP) is 5.73. The molecular formula is C19H12Cl2F5NO. The normalized spacial score (nSPS) is 16.6. The first kappa shape index (κ1) is 20.8. The number of allylic oxidation sites excluding steroid dienone is 2. The van der Waals surface area contributed by atoms with Gasteiger partial charge in [-0.25, -0.2) is 8.78 Å². The maximum Gasteiger partial charge on any atom is 0.417 e. The van der Waals surface area contributed by atoms with E-state index in [1.807, 2.05) is 0 Å². The third kappa shape index (κ3) is 4.06. The van der Waals surface area contributed by atoms with E-state index in [-0.39, 0.29) is 18.7 Å². The van der Waals surface area contributed by atoms with E-state index >= 15 is 0 Å². The van der Waals surface area contributed by atoms with Crippen LogP contribution >= 0.6 is 23.2 Å². The Morgan fingerprint density at radius 2 is 1.57 bits per heavy atom. The summed E-state index contributed by atoms with van der Waals surface area (Å²) in [5.41, 5.74) is -3.14. The number of hydrogen-bond donors (Lipinski definition) is 1. The molecular weight excluding hydrogens is 424 g/mol. The number of rotatable bonds is 4. The van der Waals surface area contributed by atoms with Gasteiger partial charge in [-0.15, -0.1) is 0 Å². The smallest absolute Gasteiger partial charge is 0.310 e. The quantitative estimate of drug-likeness (QED) is 0.287. The Kier molecular flexibility index (Phi) is 5.53. The summed E-state index contributed by atoms with van der Waals surface area (Å²) >= 11 is 11.1. The van der Waals surface area contributed by atoms with Gasteiger partial charge in [0.1, 0.15) is 0 Å². The first-order chi connectivity index (χ1) is 13.0. The third-order valence-corrected chi connectivity index (χ3v) is 4.92. The van der Waals surface area contributed by atoms with E-state index in [0.717, 1.165) is 12.1 Å². The molecule has 1 aliphatic rings. The maximum absolute atomic E-state index is 14.3. The first-order valence-electron chi connectivity index (χ1n) is 7.99. The zero-order chi connectivity index (χ0) is 20.7. The third-order valence-electron chi connectivity index (χ3n) is 4.37. The summed E-state index contributed by atoms with van der Waals surface area (Å²) in [6.45, 7) is 0.259. The second-order valence-corrected chi connectivity index (χ2v) is 7.13. The second-order valence-electron chi connectivity index (χ2n) is 6.32. The number of benzene rings is 2. The molecule has 0 aliphatic carbocycles. The minimum absolute atomic E-state index is 0.0549. The molecule has 9 heteroatoms. The summed E-state index contributed by atoms with van der Waals surface area (Å²) in [6.07, 6.45) is -4.54. The van der Waals surface area contributed by atoms with E-state index in [9.17, 15) is 26.7 Å². The van der Waals surface area contributed by atoms with Crippen LogP contribution in [0.1, 0.15) is 21.5 Å². The number of carbonyl (C=O) groups is 1. The molecule has 0 unspecified atom stereocenters. The largest absolute Gasteiger partial charge is 0.417 e. The van der Waals surface area contributed by atoms with Crippen LogP contribution in [0.15, 0.2) is 42.5 Å². The standard InChI is InChI=1S/C19H12Cl2F5NO/c20-14-5-11(6-15(21)17(14)22)13(19(24,25)26)7-16(28)10-1-3-12(4-2-10)18(23)8-27-9-18/h1-7,27H,8-9H2/b13-7-. The maximum atomic E-state index is 14.3. The van der Waals surface area contributed by atoms with Crippen molar-refractivity contribution in [3.63, 3.8) is 0 Å². The number of nitrogens with one attached hydrogen (secondary N) is 1. The molecule has 0 bridgehead atoms. The highest BCUT2D eigenvalue weighted by atomic mass is 35.5. The summed E-state index contributed by atoms with van der Waals surface area (Å²) < 4.78 is 68.2. The molecule has 0 spiro atoms. The monoisotopic (exact) mass is 435 g/mol. The Hall–Kier alpha value is -1.96. The molecule has 0 saturated carbocycles. The van der Waals surface area contributed by atoms with Gasteiger partial charge in [0, 0.05) is 18.7 Å². The van der Waals surface area contributed by atoms with Crippen LogP contribution in [0.4, 0.5) is 22.0 Å². The molecule has 1 saturated heterocycles. The average Bonchev–Trinajstić information content (AvgIpc) is 2.60. The Morgan fingerprint density at radius 3 is 2.00 bits per heavy atom. The minimum Gasteiger partial charge on any atom is -0.310 e. The fraction of sp³-hybridized carbons (Fsp3) is 0.211. The zero-order valence-corrected chi connectivity index (χ0v) is 15.5. The van der Waals surface area contributed by atoms with Gasteiger partial charge in [-0.2, -0.15) is 13.2 Å². The Morgan fingerprint density at radius 1 is 1.04 bits per heavy atom. The fourth-order valence-corrected chi connectivity index (χ4v) is 3.22. The van der Waals surface area contributed by atoms with Gasteiger partial charge in [-0.05, 0) is 29.3 Å². The Bertz CT molecular complexity index is 927. The van der Waals surface area contributed by atoms with Crippen LogP contribution in [0.2, 0.25) is 10.0 Å². The molecule has 1 N–H and O–H groups in total. The van der Waals surface area contributed by atoms with E-state index in [1.165, 1.54) is 24.3 Å². The minimum atomic E-state index is -4.92. The second kappa shape index (κ2) is 7.46. The molecule has 3 rings (SSSR count). The van der Waals surface area contributed by atoms with Gasteiger partial charge in [0.2, 0.25) is 0 Å². The lowest BCUT2D eigenvalue weighted by Gasteiger charge is -2.35. The summed E-state index contributed by atoms with van der Waals surface area (Å²) in [6, 6.07) is 6.73. The number of ketones is 1. The van der Waals surface area contributed by atoms with Crippen molar-refractivity contribution in [3.8, 4) is 0 Å². The highest BCUT2D eigenvalue weighted by Gasteiger charge is 2.39. The van der Waals surface area contributed by atoms with Crippen LogP contribution in [0.3, 0.4) is 0 Å². The molecule has 0 radical (unpaired) electrons. The van der Waals surface area contributed by atoms with Crippen molar-refractivity contribution in [2.24, 2.45) is 0 Å². The van der Waals surface area contributed by atoms with E-state index in [0.29, 0.717) is 11.6 Å². The van der Waals surface area contributed by atoms with Gasteiger partial charge in [0.25, 0.3) is 0 Å². The lowest BCUT2D eigenvalue weighted by Crippen LogP contribution is -2.53. The van der Waals surface area contributed by atoms with Crippen LogP contribution in [-0.2, 0) is 5.67 Å². The summed E-state index contributed by atoms with van der Waals surface area (Å²) in [5, 5.41) is 1.59. The molecule has 1 aliphatic heterocycles. The van der Waals surface area contributed by atoms with Crippen LogP contribution in [0.5, 0.6) is 0 Å². The van der Waals surface area contributed by atoms with Crippen molar-refractivity contribution in [3.05, 3.63) is 75.0 Å². The fourth-order valence-electron chi connectivity index (χ4n) is 2.74. The van der Waals surface area contributed by atoms with Gasteiger partial charge in [-0.1, -0.05) is 47.5 Å². The topological polar surface area (TPSA) is 29.1 Å². The van der Waals surface area contributed by atoms with Gasteiger partial charge in [-0.3, -0.25) is 4.79 Å². The Balaban J connectivity index is 1.96. The molecule has 0 atom stereocenters. The molecule has 2 aromatic carbocycles. The average molecular weight is 436 g/mol. The molecule has 2 aromatic rings. The summed E-state index contributed by atoms with van der Waals surface area (Å²) in [5.74, 6) is -2.00. The van der Waals surface area contributed by atoms with Crippen LogP contribution in [-0.4, -0.2) is 25.0 Å². The summed E-state index contributed by atoms with van der Waals surface area (Å²) in [7, 11) is 0. The van der Waals surface area contributed by atoms with Crippen molar-refractivity contribution in [2.45, 2.75) is 11.8 Å². The van der Waals surface area contributed by atoms with Gasteiger partial charge in [0.15, 0.2) is 17.3 Å². The van der Waals surface area contributed by atoms with Gasteiger partial charge >= 0.3 is 6.18 Å². The summed E-state index contributed by atoms with van der Waals surface area (Å²) in [4.78, 5) is 12.3. The number of alkyl halides is 4. The SMILES string of the molecule is O=C(/C=C(/c1cc(Cl)c(F)c(Cl)c1)C(F)(F)F)c1ccc(C2(F)CNC2)cc1. The van der Waals surface area contributed by atoms with Crippen LogP contribution < -0.4 is 5.32 Å².